The Labute approximate surface area is 188 Å². The van der Waals surface area contributed by atoms with Crippen molar-refractivity contribution in [2.45, 2.75) is 19.0 Å². The van der Waals surface area contributed by atoms with E-state index in [0.29, 0.717) is 27.8 Å². The van der Waals surface area contributed by atoms with Gasteiger partial charge in [0.1, 0.15) is 6.04 Å². The van der Waals surface area contributed by atoms with Crippen LogP contribution in [0.15, 0.2) is 42.5 Å². The lowest BCUT2D eigenvalue weighted by Gasteiger charge is -2.25. The lowest BCUT2D eigenvalue weighted by Crippen LogP contribution is -2.47. The van der Waals surface area contributed by atoms with Gasteiger partial charge >= 0.3 is 0 Å². The van der Waals surface area contributed by atoms with Crippen molar-refractivity contribution in [2.24, 2.45) is 0 Å². The van der Waals surface area contributed by atoms with E-state index in [0.717, 1.165) is 0 Å². The molecule has 0 saturated carbocycles. The molecule has 0 saturated heterocycles. The predicted octanol–water partition coefficient (Wildman–Crippen LogP) is 4.41. The van der Waals surface area contributed by atoms with E-state index in [-0.39, 0.29) is 23.7 Å². The quantitative estimate of drug-likeness (QED) is 0.433. The van der Waals surface area contributed by atoms with Gasteiger partial charge in [0.15, 0.2) is 0 Å². The van der Waals surface area contributed by atoms with E-state index in [2.05, 4.69) is 5.32 Å². The molecule has 30 heavy (non-hydrogen) atoms. The first-order valence-corrected chi connectivity index (χ1v) is 11.1. The number of nitro benzene ring substituents is 1. The molecule has 2 rings (SSSR count). The highest BCUT2D eigenvalue weighted by Crippen LogP contribution is 2.23. The van der Waals surface area contributed by atoms with Crippen molar-refractivity contribution in [1.29, 1.82) is 0 Å². The molecule has 1 N–H and O–H groups in total. The van der Waals surface area contributed by atoms with E-state index in [1.165, 1.54) is 23.1 Å². The molecule has 2 aromatic carbocycles. The Morgan fingerprint density at radius 3 is 2.53 bits per heavy atom. The van der Waals surface area contributed by atoms with Crippen LogP contribution in [0.4, 0.5) is 5.69 Å². The number of halogens is 2. The summed E-state index contributed by atoms with van der Waals surface area (Å²) in [6, 6.07) is 9.89. The van der Waals surface area contributed by atoms with E-state index >= 15 is 0 Å². The molecule has 2 amide bonds. The summed E-state index contributed by atoms with van der Waals surface area (Å²) in [6.45, 7) is 0.0665. The van der Waals surface area contributed by atoms with Crippen LogP contribution >= 0.6 is 35.0 Å². The Morgan fingerprint density at radius 2 is 1.90 bits per heavy atom. The summed E-state index contributed by atoms with van der Waals surface area (Å²) in [5, 5.41) is 14.4. The summed E-state index contributed by atoms with van der Waals surface area (Å²) >= 11 is 13.8. The van der Waals surface area contributed by atoms with Crippen LogP contribution in [0.5, 0.6) is 0 Å². The van der Waals surface area contributed by atoms with Crippen LogP contribution in [0.3, 0.4) is 0 Å². The van der Waals surface area contributed by atoms with Crippen LogP contribution in [0.1, 0.15) is 22.3 Å². The molecule has 160 valence electrons. The fraction of sp³-hybridized carbons (Fsp3) is 0.300. The number of nitro groups is 1. The molecule has 7 nitrogen and oxygen atoms in total. The Bertz CT molecular complexity index is 942. The van der Waals surface area contributed by atoms with E-state index in [9.17, 15) is 19.7 Å². The van der Waals surface area contributed by atoms with Crippen LogP contribution in [0, 0.1) is 10.1 Å². The van der Waals surface area contributed by atoms with Crippen LogP contribution in [-0.4, -0.2) is 46.7 Å². The molecule has 0 heterocycles. The van der Waals surface area contributed by atoms with Gasteiger partial charge in [-0.2, -0.15) is 11.8 Å². The number of likely N-dealkylation sites (N-methyl/N-ethyl adjacent to an activating group) is 1. The molecule has 0 aliphatic carbocycles. The molecule has 0 aliphatic heterocycles. The van der Waals surface area contributed by atoms with E-state index in [1.807, 2.05) is 6.26 Å². The highest BCUT2D eigenvalue weighted by molar-refractivity contribution is 7.98. The Hall–Kier alpha value is -2.29. The van der Waals surface area contributed by atoms with Gasteiger partial charge in [-0.05, 0) is 42.2 Å². The molecule has 0 aliphatic rings. The first kappa shape index (κ1) is 24.0. The van der Waals surface area contributed by atoms with Gasteiger partial charge in [0, 0.05) is 30.7 Å². The molecule has 1 atom stereocenters. The standard InChI is InChI=1S/C20H21Cl2N3O4S/c1-24(12-13-11-14(25(28)29)7-8-16(13)21)20(27)18(9-10-30-2)23-19(26)15-5-3-4-6-17(15)22/h3-8,11,18H,9-10,12H2,1-2H3,(H,23,26). The van der Waals surface area contributed by atoms with Crippen LogP contribution < -0.4 is 5.32 Å². The minimum atomic E-state index is -0.774. The van der Waals surface area contributed by atoms with Gasteiger partial charge < -0.3 is 10.2 Å². The number of hydrogen-bond acceptors (Lipinski definition) is 5. The second-order valence-corrected chi connectivity index (χ2v) is 8.31. The second kappa shape index (κ2) is 11.2. The zero-order valence-electron chi connectivity index (χ0n) is 16.4. The third-order valence-electron chi connectivity index (χ3n) is 4.36. The number of nitrogens with one attached hydrogen (secondary N) is 1. The van der Waals surface area contributed by atoms with Gasteiger partial charge in [0.25, 0.3) is 11.6 Å². The van der Waals surface area contributed by atoms with E-state index < -0.39 is 16.9 Å². The van der Waals surface area contributed by atoms with Gasteiger partial charge in [-0.15, -0.1) is 0 Å². The van der Waals surface area contributed by atoms with Crippen molar-refractivity contribution in [2.75, 3.05) is 19.1 Å². The summed E-state index contributed by atoms with van der Waals surface area (Å²) < 4.78 is 0. The SMILES string of the molecule is CSCCC(NC(=O)c1ccccc1Cl)C(=O)N(C)Cc1cc([N+](=O)[O-])ccc1Cl. The van der Waals surface area contributed by atoms with E-state index in [1.54, 1.807) is 43.1 Å². The van der Waals surface area contributed by atoms with Crippen LogP contribution in [0.2, 0.25) is 10.0 Å². The number of benzene rings is 2. The van der Waals surface area contributed by atoms with Crippen molar-refractivity contribution in [3.63, 3.8) is 0 Å². The summed E-state index contributed by atoms with van der Waals surface area (Å²) in [4.78, 5) is 37.5. The number of hydrogen-bond donors (Lipinski definition) is 1. The third-order valence-corrected chi connectivity index (χ3v) is 5.70. The van der Waals surface area contributed by atoms with Gasteiger partial charge in [0.05, 0.1) is 15.5 Å². The zero-order valence-corrected chi connectivity index (χ0v) is 18.8. The lowest BCUT2D eigenvalue weighted by atomic mass is 10.1. The van der Waals surface area contributed by atoms with Crippen LogP contribution in [-0.2, 0) is 11.3 Å². The fourth-order valence-electron chi connectivity index (χ4n) is 2.77. The molecular formula is C20H21Cl2N3O4S. The Balaban J connectivity index is 2.17. The van der Waals surface area contributed by atoms with Crippen molar-refractivity contribution >= 4 is 52.5 Å². The predicted molar refractivity (Wildman–Crippen MR) is 120 cm³/mol. The van der Waals surface area contributed by atoms with Crippen molar-refractivity contribution < 1.29 is 14.5 Å². The number of nitrogens with zero attached hydrogens (tertiary/aromatic N) is 2. The monoisotopic (exact) mass is 469 g/mol. The highest BCUT2D eigenvalue weighted by Gasteiger charge is 2.25. The zero-order chi connectivity index (χ0) is 22.3. The molecule has 1 unspecified atom stereocenters. The smallest absolute Gasteiger partial charge is 0.269 e. The number of amides is 2. The molecule has 10 heteroatoms. The topological polar surface area (TPSA) is 92.6 Å². The highest BCUT2D eigenvalue weighted by atomic mass is 35.5. The Kier molecular flexibility index (Phi) is 8.95. The molecular weight excluding hydrogens is 449 g/mol. The van der Waals surface area contributed by atoms with Gasteiger partial charge in [-0.3, -0.25) is 19.7 Å². The van der Waals surface area contributed by atoms with Crippen molar-refractivity contribution in [3.8, 4) is 0 Å². The van der Waals surface area contributed by atoms with Crippen molar-refractivity contribution in [1.82, 2.24) is 10.2 Å². The summed E-state index contributed by atoms with van der Waals surface area (Å²) in [5.41, 5.74) is 0.620. The second-order valence-electron chi connectivity index (χ2n) is 6.51. The molecule has 0 bridgehead atoms. The number of carbonyl (C=O) groups is 2. The first-order valence-electron chi connectivity index (χ1n) is 8.96. The molecule has 2 aromatic rings. The first-order chi connectivity index (χ1) is 14.2. The van der Waals surface area contributed by atoms with Crippen molar-refractivity contribution in [3.05, 3.63) is 73.8 Å². The average molecular weight is 470 g/mol. The fourth-order valence-corrected chi connectivity index (χ4v) is 3.64. The number of non-ortho nitro benzene ring substituents is 1. The van der Waals surface area contributed by atoms with Crippen LogP contribution in [0.25, 0.3) is 0 Å². The average Bonchev–Trinajstić information content (AvgIpc) is 2.72. The summed E-state index contributed by atoms with van der Waals surface area (Å²) in [7, 11) is 1.56. The molecule has 0 aromatic heterocycles. The van der Waals surface area contributed by atoms with E-state index in [4.69, 9.17) is 23.2 Å². The lowest BCUT2D eigenvalue weighted by molar-refractivity contribution is -0.384. The number of rotatable bonds is 9. The summed E-state index contributed by atoms with van der Waals surface area (Å²) in [5.74, 6) is -0.112. The summed E-state index contributed by atoms with van der Waals surface area (Å²) in [6.07, 6.45) is 2.33. The minimum absolute atomic E-state index is 0.0665. The maximum atomic E-state index is 13.0. The third kappa shape index (κ3) is 6.35. The Morgan fingerprint density at radius 1 is 1.20 bits per heavy atom. The normalized spacial score (nSPS) is 11.6. The molecule has 0 fully saturated rings. The van der Waals surface area contributed by atoms with Gasteiger partial charge in [-0.25, -0.2) is 0 Å². The van der Waals surface area contributed by atoms with Gasteiger partial charge in [-0.1, -0.05) is 35.3 Å². The number of carbonyl (C=O) groups excluding carboxylic acids is 2. The molecule has 0 spiro atoms. The maximum Gasteiger partial charge on any atom is 0.269 e. The number of thioether (sulfide) groups is 1. The largest absolute Gasteiger partial charge is 0.340 e. The minimum Gasteiger partial charge on any atom is -0.340 e. The maximum absolute atomic E-state index is 13.0. The molecule has 0 radical (unpaired) electrons. The van der Waals surface area contributed by atoms with Gasteiger partial charge in [0.2, 0.25) is 5.91 Å².